The number of aryl methyl sites for hydroxylation is 1. The van der Waals surface area contributed by atoms with Gasteiger partial charge in [0.2, 0.25) is 5.76 Å². The Morgan fingerprint density at radius 2 is 1.55 bits per heavy atom. The van der Waals surface area contributed by atoms with Gasteiger partial charge in [0.25, 0.3) is 0 Å². The highest BCUT2D eigenvalue weighted by Gasteiger charge is 2.51. The van der Waals surface area contributed by atoms with Crippen molar-refractivity contribution in [3.63, 3.8) is 0 Å². The van der Waals surface area contributed by atoms with E-state index >= 15 is 0 Å². The second-order valence-electron chi connectivity index (χ2n) is 11.4. The monoisotopic (exact) mass is 569 g/mol. The molecule has 4 aromatic rings. The molecule has 0 spiro atoms. The van der Waals surface area contributed by atoms with Gasteiger partial charge in [-0.05, 0) is 85.7 Å². The van der Waals surface area contributed by atoms with Crippen LogP contribution in [0.15, 0.2) is 71.1 Å². The Morgan fingerprint density at radius 1 is 0.850 bits per heavy atom. The first-order valence-corrected chi connectivity index (χ1v) is 13.6. The highest BCUT2D eigenvalue weighted by Crippen LogP contribution is 2.37. The number of hydrogen-bond donors (Lipinski definition) is 0. The van der Waals surface area contributed by atoms with Crippen LogP contribution in [0.4, 0.5) is 13.2 Å². The van der Waals surface area contributed by atoms with E-state index in [-0.39, 0.29) is 12.3 Å². The van der Waals surface area contributed by atoms with Crippen molar-refractivity contribution in [2.75, 3.05) is 0 Å². The SMILES string of the molecule is Cc1ccc2ccccc2c1CN(Cc1ccc(C(F)(F)F)o1)Cc1ccc(B2OC(C)(C)C(C)(C)O2)cc1Cl. The zero-order valence-corrected chi connectivity index (χ0v) is 24.0. The summed E-state index contributed by atoms with van der Waals surface area (Å²) in [6.07, 6.45) is -4.54. The van der Waals surface area contributed by atoms with E-state index in [1.807, 2.05) is 69.9 Å². The topological polar surface area (TPSA) is 34.8 Å². The molecule has 9 heteroatoms. The van der Waals surface area contributed by atoms with Crippen LogP contribution in [-0.2, 0) is 35.1 Å². The van der Waals surface area contributed by atoms with Gasteiger partial charge in [0.15, 0.2) is 0 Å². The predicted molar refractivity (Wildman–Crippen MR) is 153 cm³/mol. The highest BCUT2D eigenvalue weighted by atomic mass is 35.5. The number of benzene rings is 3. The molecule has 0 unspecified atom stereocenters. The molecule has 1 aliphatic rings. The maximum Gasteiger partial charge on any atom is 0.494 e. The van der Waals surface area contributed by atoms with Crippen molar-refractivity contribution >= 4 is 35.0 Å². The van der Waals surface area contributed by atoms with Crippen LogP contribution in [0.25, 0.3) is 10.8 Å². The van der Waals surface area contributed by atoms with Crippen LogP contribution in [0, 0.1) is 6.92 Å². The molecule has 1 aliphatic heterocycles. The summed E-state index contributed by atoms with van der Waals surface area (Å²) in [4.78, 5) is 2.05. The Morgan fingerprint density at radius 3 is 2.20 bits per heavy atom. The van der Waals surface area contributed by atoms with Crippen LogP contribution in [0.1, 0.15) is 55.9 Å². The van der Waals surface area contributed by atoms with E-state index in [9.17, 15) is 13.2 Å². The van der Waals surface area contributed by atoms with Crippen LogP contribution in [-0.4, -0.2) is 23.2 Å². The average Bonchev–Trinajstić information content (AvgIpc) is 3.43. The van der Waals surface area contributed by atoms with Crippen molar-refractivity contribution in [2.45, 2.75) is 71.6 Å². The van der Waals surface area contributed by atoms with Crippen molar-refractivity contribution in [1.29, 1.82) is 0 Å². The van der Waals surface area contributed by atoms with Crippen LogP contribution < -0.4 is 5.46 Å². The standard InChI is InChI=1S/C31H32BClF3NO3/c1-20-10-11-21-8-6-7-9-25(21)26(20)19-37(18-24-14-15-28(38-24)31(34,35)36)17-22-12-13-23(16-27(22)33)32-39-29(2,3)30(4,5)40-32/h6-16H,17-19H2,1-5H3. The van der Waals surface area contributed by atoms with E-state index in [2.05, 4.69) is 24.3 Å². The van der Waals surface area contributed by atoms with Gasteiger partial charge in [-0.15, -0.1) is 0 Å². The van der Waals surface area contributed by atoms with E-state index in [1.165, 1.54) is 6.07 Å². The zero-order chi connectivity index (χ0) is 28.9. The van der Waals surface area contributed by atoms with Gasteiger partial charge >= 0.3 is 13.3 Å². The number of alkyl halides is 3. The first-order valence-electron chi connectivity index (χ1n) is 13.2. The second kappa shape index (κ2) is 10.6. The Kier molecular flexibility index (Phi) is 7.59. The summed E-state index contributed by atoms with van der Waals surface area (Å²) in [7, 11) is -0.546. The molecule has 2 heterocycles. The molecule has 1 saturated heterocycles. The first kappa shape index (κ1) is 28.7. The van der Waals surface area contributed by atoms with Crippen molar-refractivity contribution in [1.82, 2.24) is 4.90 Å². The molecular formula is C31H32BClF3NO3. The zero-order valence-electron chi connectivity index (χ0n) is 23.2. The largest absolute Gasteiger partial charge is 0.494 e. The molecule has 1 fully saturated rings. The third-order valence-corrected chi connectivity index (χ3v) is 8.33. The van der Waals surface area contributed by atoms with E-state index in [4.69, 9.17) is 25.3 Å². The van der Waals surface area contributed by atoms with Gasteiger partial charge in [-0.3, -0.25) is 4.90 Å². The van der Waals surface area contributed by atoms with Crippen molar-refractivity contribution in [3.8, 4) is 0 Å². The van der Waals surface area contributed by atoms with Gasteiger partial charge < -0.3 is 13.7 Å². The fourth-order valence-electron chi connectivity index (χ4n) is 4.94. The maximum absolute atomic E-state index is 13.2. The number of hydrogen-bond acceptors (Lipinski definition) is 4. The molecule has 40 heavy (non-hydrogen) atoms. The smallest absolute Gasteiger partial charge is 0.455 e. The van der Waals surface area contributed by atoms with Crippen LogP contribution in [0.5, 0.6) is 0 Å². The summed E-state index contributed by atoms with van der Waals surface area (Å²) >= 11 is 6.78. The van der Waals surface area contributed by atoms with Gasteiger partial charge in [0.05, 0.1) is 17.7 Å². The fraction of sp³-hybridized carbons (Fsp3) is 0.355. The third-order valence-electron chi connectivity index (χ3n) is 7.97. The lowest BCUT2D eigenvalue weighted by Crippen LogP contribution is -2.41. The Balaban J connectivity index is 1.44. The molecule has 0 amide bonds. The molecule has 1 aromatic heterocycles. The van der Waals surface area contributed by atoms with Crippen molar-refractivity contribution in [2.24, 2.45) is 0 Å². The van der Waals surface area contributed by atoms with Crippen LogP contribution >= 0.6 is 11.6 Å². The van der Waals surface area contributed by atoms with Crippen molar-refractivity contribution in [3.05, 3.63) is 100.0 Å². The summed E-state index contributed by atoms with van der Waals surface area (Å²) in [5.74, 6) is -0.774. The summed E-state index contributed by atoms with van der Waals surface area (Å²) in [6, 6.07) is 20.3. The maximum atomic E-state index is 13.2. The Labute approximate surface area is 238 Å². The van der Waals surface area contributed by atoms with Crippen LogP contribution in [0.3, 0.4) is 0 Å². The molecule has 0 radical (unpaired) electrons. The molecule has 5 rings (SSSR count). The molecule has 3 aromatic carbocycles. The van der Waals surface area contributed by atoms with E-state index in [0.717, 1.165) is 39.0 Å². The normalized spacial score (nSPS) is 16.8. The summed E-state index contributed by atoms with van der Waals surface area (Å²) in [6.45, 7) is 11.1. The molecule has 0 atom stereocenters. The lowest BCUT2D eigenvalue weighted by molar-refractivity contribution is -0.153. The van der Waals surface area contributed by atoms with Gasteiger partial charge in [0.1, 0.15) is 5.76 Å². The quantitative estimate of drug-likeness (QED) is 0.212. The Bertz CT molecular complexity index is 1520. The van der Waals surface area contributed by atoms with E-state index in [1.54, 1.807) is 0 Å². The fourth-order valence-corrected chi connectivity index (χ4v) is 5.19. The molecule has 0 bridgehead atoms. The minimum absolute atomic E-state index is 0.175. The first-order chi connectivity index (χ1) is 18.7. The summed E-state index contributed by atoms with van der Waals surface area (Å²) in [5, 5.41) is 2.73. The predicted octanol–water partition coefficient (Wildman–Crippen LogP) is 7.92. The van der Waals surface area contributed by atoms with Gasteiger partial charge in [0, 0.05) is 18.1 Å². The molecule has 4 nitrogen and oxygen atoms in total. The van der Waals surface area contributed by atoms with Gasteiger partial charge in [-0.2, -0.15) is 13.2 Å². The molecule has 0 aliphatic carbocycles. The lowest BCUT2D eigenvalue weighted by Gasteiger charge is -2.32. The number of rotatable bonds is 7. The third kappa shape index (κ3) is 5.82. The highest BCUT2D eigenvalue weighted by molar-refractivity contribution is 6.62. The van der Waals surface area contributed by atoms with E-state index in [0.29, 0.717) is 18.1 Å². The molecular weight excluding hydrogens is 538 g/mol. The van der Waals surface area contributed by atoms with Gasteiger partial charge in [-0.1, -0.05) is 60.1 Å². The Hall–Kier alpha value is -2.78. The number of halogens is 4. The van der Waals surface area contributed by atoms with Crippen molar-refractivity contribution < 1.29 is 26.9 Å². The summed E-state index contributed by atoms with van der Waals surface area (Å²) in [5.41, 5.74) is 2.89. The molecule has 0 N–H and O–H groups in total. The minimum Gasteiger partial charge on any atom is -0.455 e. The molecule has 0 saturated carbocycles. The van der Waals surface area contributed by atoms with E-state index < -0.39 is 30.3 Å². The van der Waals surface area contributed by atoms with Gasteiger partial charge in [-0.25, -0.2) is 0 Å². The number of nitrogens with zero attached hydrogens (tertiary/aromatic N) is 1. The minimum atomic E-state index is -4.54. The molecule has 210 valence electrons. The lowest BCUT2D eigenvalue weighted by atomic mass is 9.79. The summed E-state index contributed by atoms with van der Waals surface area (Å²) < 4.78 is 57.2. The average molecular weight is 570 g/mol. The number of fused-ring (bicyclic) bond motifs is 1. The number of furan rings is 1. The second-order valence-corrected chi connectivity index (χ2v) is 11.8. The van der Waals surface area contributed by atoms with Crippen LogP contribution in [0.2, 0.25) is 5.02 Å².